The average molecular weight is 489 g/mol. The van der Waals surface area contributed by atoms with Gasteiger partial charge in [0.25, 0.3) is 0 Å². The Balaban J connectivity index is 2.03. The van der Waals surface area contributed by atoms with Crippen LogP contribution in [-0.4, -0.2) is 40.1 Å². The first kappa shape index (κ1) is 24.7. The highest BCUT2D eigenvalue weighted by molar-refractivity contribution is 5.90. The van der Waals surface area contributed by atoms with Crippen LogP contribution in [0.1, 0.15) is 30.1 Å². The highest BCUT2D eigenvalue weighted by atomic mass is 16.7. The van der Waals surface area contributed by atoms with E-state index in [4.69, 9.17) is 33.8 Å². The number of methoxy groups -OCH3 is 4. The minimum Gasteiger partial charge on any atom is -0.497 e. The molecule has 2 fully saturated rings. The highest BCUT2D eigenvalue weighted by Crippen LogP contribution is 2.70. The van der Waals surface area contributed by atoms with Crippen LogP contribution in [0.5, 0.6) is 23.0 Å². The largest absolute Gasteiger partial charge is 0.497 e. The van der Waals surface area contributed by atoms with E-state index in [1.165, 1.54) is 28.4 Å². The Morgan fingerprint density at radius 1 is 0.833 bits per heavy atom. The predicted molar refractivity (Wildman–Crippen MR) is 125 cm³/mol. The van der Waals surface area contributed by atoms with Crippen molar-refractivity contribution in [2.45, 2.75) is 24.7 Å². The summed E-state index contributed by atoms with van der Waals surface area (Å²) in [5.74, 6) is -1.73. The van der Waals surface area contributed by atoms with Gasteiger partial charge in [-0.15, -0.1) is 0 Å². The number of hydrogen-bond acceptors (Lipinski definition) is 10. The van der Waals surface area contributed by atoms with E-state index >= 15 is 0 Å². The summed E-state index contributed by atoms with van der Waals surface area (Å²) in [4.78, 5) is 0. The van der Waals surface area contributed by atoms with Gasteiger partial charge in [0.05, 0.1) is 52.6 Å². The van der Waals surface area contributed by atoms with Crippen LogP contribution < -0.4 is 18.9 Å². The maximum absolute atomic E-state index is 10.6. The van der Waals surface area contributed by atoms with Gasteiger partial charge in [-0.3, -0.25) is 5.41 Å². The van der Waals surface area contributed by atoms with Crippen molar-refractivity contribution in [3.05, 3.63) is 47.5 Å². The molecule has 0 radical (unpaired) electrons. The number of nitriles is 3. The molecule has 4 atom stereocenters. The first-order valence-electron chi connectivity index (χ1n) is 10.9. The number of nitrogens with zero attached hydrogens (tertiary/aromatic N) is 3. The highest BCUT2D eigenvalue weighted by Gasteiger charge is 2.80. The van der Waals surface area contributed by atoms with Gasteiger partial charge in [-0.05, 0) is 29.8 Å². The van der Waals surface area contributed by atoms with Crippen molar-refractivity contribution in [1.29, 1.82) is 21.2 Å². The van der Waals surface area contributed by atoms with Crippen LogP contribution >= 0.6 is 0 Å². The summed E-state index contributed by atoms with van der Waals surface area (Å²) < 4.78 is 34.0. The van der Waals surface area contributed by atoms with Crippen LogP contribution in [0.15, 0.2) is 36.4 Å². The maximum atomic E-state index is 10.6. The molecule has 0 aromatic heterocycles. The Hall–Kier alpha value is -4.46. The molecule has 36 heavy (non-hydrogen) atoms. The fourth-order valence-corrected chi connectivity index (χ4v) is 5.39. The van der Waals surface area contributed by atoms with E-state index in [0.717, 1.165) is 0 Å². The molecule has 2 aromatic rings. The molecule has 184 valence electrons. The lowest BCUT2D eigenvalue weighted by Gasteiger charge is -2.49. The molecule has 2 saturated heterocycles. The number of rotatable bonds is 6. The third-order valence-electron chi connectivity index (χ3n) is 6.98. The average Bonchev–Trinajstić information content (AvgIpc) is 3.09. The topological polar surface area (TPSA) is 151 Å². The number of fused-ring (bicyclic) bond motifs is 2. The lowest BCUT2D eigenvalue weighted by Crippen LogP contribution is -2.57. The first-order chi connectivity index (χ1) is 17.3. The van der Waals surface area contributed by atoms with Gasteiger partial charge in [-0.1, -0.05) is 12.1 Å². The van der Waals surface area contributed by atoms with E-state index in [1.807, 2.05) is 12.1 Å². The molecule has 2 aliphatic rings. The zero-order chi connectivity index (χ0) is 26.3. The summed E-state index contributed by atoms with van der Waals surface area (Å²) in [5, 5.41) is 40.5. The van der Waals surface area contributed by atoms with Crippen molar-refractivity contribution in [3.63, 3.8) is 0 Å². The third-order valence-corrected chi connectivity index (χ3v) is 6.98. The smallest absolute Gasteiger partial charge is 0.218 e. The van der Waals surface area contributed by atoms with Crippen LogP contribution in [0.3, 0.4) is 0 Å². The molecular weight excluding hydrogens is 464 g/mol. The Morgan fingerprint density at radius 3 is 1.97 bits per heavy atom. The zero-order valence-corrected chi connectivity index (χ0v) is 20.4. The van der Waals surface area contributed by atoms with E-state index in [-0.39, 0.29) is 17.1 Å². The summed E-state index contributed by atoms with van der Waals surface area (Å²) in [6.07, 6.45) is -1.34. The van der Waals surface area contributed by atoms with E-state index < -0.39 is 34.5 Å². The quantitative estimate of drug-likeness (QED) is 0.639. The Kier molecular flexibility index (Phi) is 5.92. The van der Waals surface area contributed by atoms with E-state index in [2.05, 4.69) is 6.07 Å². The number of benzene rings is 2. The Bertz CT molecular complexity index is 1320. The zero-order valence-electron chi connectivity index (χ0n) is 20.4. The normalized spacial score (nSPS) is 27.6. The molecule has 10 nitrogen and oxygen atoms in total. The molecule has 4 unspecified atom stereocenters. The van der Waals surface area contributed by atoms with Crippen LogP contribution in [0.25, 0.3) is 0 Å². The van der Waals surface area contributed by atoms with Crippen molar-refractivity contribution in [2.24, 2.45) is 10.8 Å². The number of hydrogen-bond donors (Lipinski definition) is 1. The second kappa shape index (κ2) is 8.64. The van der Waals surface area contributed by atoms with Gasteiger partial charge < -0.3 is 28.4 Å². The number of nitrogens with one attached hydrogen (secondary N) is 1. The molecule has 1 N–H and O–H groups in total. The Labute approximate surface area is 208 Å². The van der Waals surface area contributed by atoms with Crippen molar-refractivity contribution in [3.8, 4) is 41.2 Å². The maximum Gasteiger partial charge on any atom is 0.218 e. The van der Waals surface area contributed by atoms with Gasteiger partial charge in [0, 0.05) is 12.5 Å². The molecule has 10 heteroatoms. The molecule has 0 aliphatic carbocycles. The minimum atomic E-state index is -2.20. The van der Waals surface area contributed by atoms with Gasteiger partial charge in [0.1, 0.15) is 11.9 Å². The lowest BCUT2D eigenvalue weighted by molar-refractivity contribution is -0.253. The molecule has 0 amide bonds. The summed E-state index contributed by atoms with van der Waals surface area (Å²) in [7, 11) is 5.81. The molecule has 2 bridgehead atoms. The number of ether oxygens (including phenoxy) is 6. The molecule has 2 aromatic carbocycles. The van der Waals surface area contributed by atoms with E-state index in [1.54, 1.807) is 43.3 Å². The van der Waals surface area contributed by atoms with Crippen molar-refractivity contribution in [2.75, 3.05) is 28.4 Å². The minimum absolute atomic E-state index is 0.169. The van der Waals surface area contributed by atoms with E-state index in [9.17, 15) is 15.8 Å². The van der Waals surface area contributed by atoms with Crippen LogP contribution in [-0.2, 0) is 9.47 Å². The van der Waals surface area contributed by atoms with Gasteiger partial charge in [0.15, 0.2) is 16.9 Å². The van der Waals surface area contributed by atoms with Gasteiger partial charge in [-0.2, -0.15) is 15.8 Å². The van der Waals surface area contributed by atoms with Gasteiger partial charge in [-0.25, -0.2) is 0 Å². The standard InChI is InChI=1S/C26H24N4O6/c1-24-21(15-6-8-16(31-2)9-7-15)26(14-29,23(30)36-24)25(12-27,13-28)22(35-24)17-10-11-18(32-3)20(34-5)19(17)33-4/h6-11,21-22,30H,1-5H3. The van der Waals surface area contributed by atoms with Crippen LogP contribution in [0.2, 0.25) is 0 Å². The van der Waals surface area contributed by atoms with Crippen molar-refractivity contribution in [1.82, 2.24) is 0 Å². The van der Waals surface area contributed by atoms with Crippen LogP contribution in [0, 0.1) is 50.2 Å². The molecule has 0 saturated carbocycles. The summed E-state index contributed by atoms with van der Waals surface area (Å²) in [6, 6.07) is 16.2. The molecule has 2 aliphatic heterocycles. The summed E-state index contributed by atoms with van der Waals surface area (Å²) in [5.41, 5.74) is -3.39. The molecule has 2 heterocycles. The van der Waals surface area contributed by atoms with Gasteiger partial charge >= 0.3 is 0 Å². The lowest BCUT2D eigenvalue weighted by atomic mass is 9.52. The summed E-state index contributed by atoms with van der Waals surface area (Å²) in [6.45, 7) is 1.59. The molecule has 4 rings (SSSR count). The predicted octanol–water partition coefficient (Wildman–Crippen LogP) is 3.84. The molecule has 0 spiro atoms. The Morgan fingerprint density at radius 2 is 1.47 bits per heavy atom. The molecular formula is C26H24N4O6. The SMILES string of the molecule is COc1ccc(C2C3(C)OC(=N)C2(C#N)C(C#N)(C#N)C(c2ccc(OC)c(OC)c2OC)O3)cc1. The summed E-state index contributed by atoms with van der Waals surface area (Å²) >= 11 is 0. The third kappa shape index (κ3) is 2.94. The van der Waals surface area contributed by atoms with Crippen molar-refractivity contribution >= 4 is 5.90 Å². The van der Waals surface area contributed by atoms with Crippen molar-refractivity contribution < 1.29 is 28.4 Å². The fourth-order valence-electron chi connectivity index (χ4n) is 5.39. The monoisotopic (exact) mass is 488 g/mol. The van der Waals surface area contributed by atoms with Gasteiger partial charge in [0.2, 0.25) is 22.8 Å². The van der Waals surface area contributed by atoms with Crippen LogP contribution in [0.4, 0.5) is 0 Å². The fraction of sp³-hybridized carbons (Fsp3) is 0.385. The van der Waals surface area contributed by atoms with E-state index in [0.29, 0.717) is 17.1 Å². The first-order valence-corrected chi connectivity index (χ1v) is 10.9. The second-order valence-electron chi connectivity index (χ2n) is 8.53. The second-order valence-corrected chi connectivity index (χ2v) is 8.53.